The molecule has 16 heavy (non-hydrogen) atoms. The maximum absolute atomic E-state index is 5.60. The number of nitrogens with zero attached hydrogens (tertiary/aromatic N) is 1. The second-order valence-electron chi connectivity index (χ2n) is 3.48. The minimum Gasteiger partial charge on any atom is -0.489 e. The van der Waals surface area contributed by atoms with Gasteiger partial charge >= 0.3 is 0 Å². The van der Waals surface area contributed by atoms with Gasteiger partial charge in [0.25, 0.3) is 0 Å². The first-order chi connectivity index (χ1) is 7.77. The third kappa shape index (κ3) is 4.16. The number of ether oxygens (including phenoxy) is 2. The number of aromatic nitrogens is 1. The monoisotopic (exact) mass is 224 g/mol. The van der Waals surface area contributed by atoms with Crippen molar-refractivity contribution in [3.05, 3.63) is 23.5 Å². The Bertz CT molecular complexity index is 316. The molecule has 0 unspecified atom stereocenters. The summed E-state index contributed by atoms with van der Waals surface area (Å²) in [5.41, 5.74) is 7.45. The summed E-state index contributed by atoms with van der Waals surface area (Å²) in [6.07, 6.45) is 0.742. The summed E-state index contributed by atoms with van der Waals surface area (Å²) in [4.78, 5) is 4.42. The lowest BCUT2D eigenvalue weighted by molar-refractivity contribution is 0.109. The molecule has 2 N–H and O–H groups in total. The lowest BCUT2D eigenvalue weighted by Gasteiger charge is -2.10. The summed E-state index contributed by atoms with van der Waals surface area (Å²) in [7, 11) is 0. The molecule has 0 aliphatic heterocycles. The van der Waals surface area contributed by atoms with Crippen LogP contribution in [-0.4, -0.2) is 31.3 Å². The molecule has 0 aliphatic carbocycles. The van der Waals surface area contributed by atoms with Crippen molar-refractivity contribution in [3.63, 3.8) is 0 Å². The number of hydrogen-bond donors (Lipinski definition) is 1. The molecule has 0 aromatic carbocycles. The van der Waals surface area contributed by atoms with Gasteiger partial charge in [-0.15, -0.1) is 0 Å². The van der Waals surface area contributed by atoms with Gasteiger partial charge in [0.1, 0.15) is 12.4 Å². The van der Waals surface area contributed by atoms with Crippen LogP contribution >= 0.6 is 0 Å². The van der Waals surface area contributed by atoms with Crippen LogP contribution in [0.25, 0.3) is 0 Å². The lowest BCUT2D eigenvalue weighted by atomic mass is 10.2. The third-order valence-electron chi connectivity index (χ3n) is 2.14. The first kappa shape index (κ1) is 12.9. The SMILES string of the molecule is CCOCCOc1ccc(C)nc1CCN. The molecule has 0 saturated carbocycles. The van der Waals surface area contributed by atoms with E-state index >= 15 is 0 Å². The average molecular weight is 224 g/mol. The van der Waals surface area contributed by atoms with Crippen molar-refractivity contribution < 1.29 is 9.47 Å². The maximum atomic E-state index is 5.60. The van der Waals surface area contributed by atoms with Crippen LogP contribution in [0.3, 0.4) is 0 Å². The van der Waals surface area contributed by atoms with E-state index in [9.17, 15) is 0 Å². The minimum atomic E-state index is 0.552. The van der Waals surface area contributed by atoms with Gasteiger partial charge < -0.3 is 15.2 Å². The second-order valence-corrected chi connectivity index (χ2v) is 3.48. The van der Waals surface area contributed by atoms with E-state index in [1.165, 1.54) is 0 Å². The molecular weight excluding hydrogens is 204 g/mol. The van der Waals surface area contributed by atoms with Gasteiger partial charge in [-0.05, 0) is 32.5 Å². The van der Waals surface area contributed by atoms with Crippen LogP contribution < -0.4 is 10.5 Å². The molecule has 1 aromatic heterocycles. The van der Waals surface area contributed by atoms with Crippen LogP contribution in [0.5, 0.6) is 5.75 Å². The Morgan fingerprint density at radius 1 is 1.31 bits per heavy atom. The molecule has 90 valence electrons. The number of nitrogens with two attached hydrogens (primary N) is 1. The van der Waals surface area contributed by atoms with Crippen molar-refractivity contribution in [1.29, 1.82) is 0 Å². The van der Waals surface area contributed by atoms with E-state index in [1.807, 2.05) is 26.0 Å². The van der Waals surface area contributed by atoms with Crippen LogP contribution in [0.1, 0.15) is 18.3 Å². The van der Waals surface area contributed by atoms with Gasteiger partial charge in [-0.2, -0.15) is 0 Å². The summed E-state index contributed by atoms with van der Waals surface area (Å²) in [6.45, 7) is 6.38. The van der Waals surface area contributed by atoms with Gasteiger partial charge in [0.15, 0.2) is 0 Å². The summed E-state index contributed by atoms with van der Waals surface area (Å²) in [5.74, 6) is 0.816. The zero-order valence-corrected chi connectivity index (χ0v) is 10.0. The van der Waals surface area contributed by atoms with Gasteiger partial charge in [-0.25, -0.2) is 0 Å². The molecule has 0 amide bonds. The van der Waals surface area contributed by atoms with E-state index in [4.69, 9.17) is 15.2 Å². The Balaban J connectivity index is 2.56. The fraction of sp³-hybridized carbons (Fsp3) is 0.583. The van der Waals surface area contributed by atoms with Crippen LogP contribution in [0, 0.1) is 6.92 Å². The number of pyridine rings is 1. The zero-order chi connectivity index (χ0) is 11.8. The Kier molecular flexibility index (Phi) is 5.82. The second kappa shape index (κ2) is 7.19. The first-order valence-corrected chi connectivity index (χ1v) is 5.65. The average Bonchev–Trinajstić information content (AvgIpc) is 2.27. The van der Waals surface area contributed by atoms with Crippen LogP contribution in [0.4, 0.5) is 0 Å². The van der Waals surface area contributed by atoms with Crippen molar-refractivity contribution in [3.8, 4) is 5.75 Å². The number of aryl methyl sites for hydroxylation is 1. The molecule has 1 rings (SSSR count). The highest BCUT2D eigenvalue weighted by molar-refractivity contribution is 5.29. The van der Waals surface area contributed by atoms with Gasteiger partial charge in [0, 0.05) is 18.7 Å². The van der Waals surface area contributed by atoms with Gasteiger partial charge in [-0.3, -0.25) is 4.98 Å². The normalized spacial score (nSPS) is 10.4. The van der Waals surface area contributed by atoms with Crippen LogP contribution in [0.15, 0.2) is 12.1 Å². The summed E-state index contributed by atoms with van der Waals surface area (Å²) in [5, 5.41) is 0. The quantitative estimate of drug-likeness (QED) is 0.709. The van der Waals surface area contributed by atoms with E-state index in [2.05, 4.69) is 4.98 Å². The van der Waals surface area contributed by atoms with E-state index in [-0.39, 0.29) is 0 Å². The van der Waals surface area contributed by atoms with Crippen LogP contribution in [-0.2, 0) is 11.2 Å². The van der Waals surface area contributed by atoms with Crippen molar-refractivity contribution >= 4 is 0 Å². The van der Waals surface area contributed by atoms with Crippen molar-refractivity contribution in [2.45, 2.75) is 20.3 Å². The minimum absolute atomic E-state index is 0.552. The summed E-state index contributed by atoms with van der Waals surface area (Å²) >= 11 is 0. The Morgan fingerprint density at radius 2 is 2.12 bits per heavy atom. The Labute approximate surface area is 96.8 Å². The number of hydrogen-bond acceptors (Lipinski definition) is 4. The molecule has 0 aliphatic rings. The fourth-order valence-corrected chi connectivity index (χ4v) is 1.40. The highest BCUT2D eigenvalue weighted by atomic mass is 16.5. The molecule has 0 saturated heterocycles. The molecule has 4 nitrogen and oxygen atoms in total. The summed E-state index contributed by atoms with van der Waals surface area (Å²) in [6, 6.07) is 3.88. The van der Waals surface area contributed by atoms with Crippen molar-refractivity contribution in [2.75, 3.05) is 26.4 Å². The van der Waals surface area contributed by atoms with Crippen molar-refractivity contribution in [2.24, 2.45) is 5.73 Å². The molecule has 1 heterocycles. The highest BCUT2D eigenvalue weighted by Gasteiger charge is 2.04. The molecule has 0 atom stereocenters. The lowest BCUT2D eigenvalue weighted by Crippen LogP contribution is -2.11. The van der Waals surface area contributed by atoms with Gasteiger partial charge in [0.2, 0.25) is 0 Å². The van der Waals surface area contributed by atoms with Gasteiger partial charge in [0.05, 0.1) is 12.3 Å². The standard InChI is InChI=1S/C12H20N2O2/c1-3-15-8-9-16-12-5-4-10(2)14-11(12)6-7-13/h4-5H,3,6-9,13H2,1-2H3. The van der Waals surface area contributed by atoms with E-state index in [0.717, 1.165) is 23.6 Å². The van der Waals surface area contributed by atoms with Gasteiger partial charge in [-0.1, -0.05) is 0 Å². The predicted octanol–water partition coefficient (Wildman–Crippen LogP) is 1.31. The fourth-order valence-electron chi connectivity index (χ4n) is 1.40. The first-order valence-electron chi connectivity index (χ1n) is 5.65. The smallest absolute Gasteiger partial charge is 0.140 e. The van der Waals surface area contributed by atoms with E-state index < -0.39 is 0 Å². The Hall–Kier alpha value is -1.13. The molecule has 0 fully saturated rings. The predicted molar refractivity (Wildman–Crippen MR) is 63.7 cm³/mol. The number of rotatable bonds is 7. The zero-order valence-electron chi connectivity index (χ0n) is 10.0. The third-order valence-corrected chi connectivity index (χ3v) is 2.14. The van der Waals surface area contributed by atoms with E-state index in [1.54, 1.807) is 0 Å². The molecular formula is C12H20N2O2. The van der Waals surface area contributed by atoms with Crippen molar-refractivity contribution in [1.82, 2.24) is 4.98 Å². The topological polar surface area (TPSA) is 57.4 Å². The van der Waals surface area contributed by atoms with Crippen LogP contribution in [0.2, 0.25) is 0 Å². The maximum Gasteiger partial charge on any atom is 0.140 e. The molecule has 0 bridgehead atoms. The Morgan fingerprint density at radius 3 is 2.81 bits per heavy atom. The molecule has 1 aromatic rings. The highest BCUT2D eigenvalue weighted by Crippen LogP contribution is 2.17. The molecule has 0 spiro atoms. The van der Waals surface area contributed by atoms with E-state index in [0.29, 0.717) is 26.4 Å². The summed E-state index contributed by atoms with van der Waals surface area (Å²) < 4.78 is 10.8. The molecule has 4 heteroatoms. The largest absolute Gasteiger partial charge is 0.489 e. The molecule has 0 radical (unpaired) electrons.